The summed E-state index contributed by atoms with van der Waals surface area (Å²) in [6, 6.07) is 9.06. The van der Waals surface area contributed by atoms with E-state index < -0.39 is 11.9 Å². The van der Waals surface area contributed by atoms with Crippen molar-refractivity contribution in [3.63, 3.8) is 0 Å². The summed E-state index contributed by atoms with van der Waals surface area (Å²) in [5.41, 5.74) is 3.67. The lowest BCUT2D eigenvalue weighted by atomic mass is 9.96. The maximum atomic E-state index is 15.2. The lowest BCUT2D eigenvalue weighted by Crippen LogP contribution is -2.44. The number of ether oxygens (including phenoxy) is 1. The quantitative estimate of drug-likeness (QED) is 0.631. The number of rotatable bonds is 3. The first-order valence-corrected chi connectivity index (χ1v) is 10.8. The van der Waals surface area contributed by atoms with E-state index in [2.05, 4.69) is 4.98 Å². The highest BCUT2D eigenvalue weighted by atomic mass is 19.1. The first-order chi connectivity index (χ1) is 15.3. The number of benzene rings is 1. The van der Waals surface area contributed by atoms with Gasteiger partial charge in [0.15, 0.2) is 17.7 Å². The second kappa shape index (κ2) is 7.62. The highest BCUT2D eigenvalue weighted by Gasteiger charge is 2.36. The van der Waals surface area contributed by atoms with Gasteiger partial charge in [-0.3, -0.25) is 14.5 Å². The molecule has 3 aromatic rings. The van der Waals surface area contributed by atoms with E-state index in [1.807, 2.05) is 41.8 Å². The normalized spacial score (nSPS) is 20.6. The molecular weight excluding hydrogens is 411 g/mol. The third-order valence-corrected chi connectivity index (χ3v) is 6.49. The van der Waals surface area contributed by atoms with Gasteiger partial charge in [0.2, 0.25) is 5.91 Å². The topological polar surface area (TPSA) is 67.2 Å². The Hall–Kier alpha value is -3.42. The lowest BCUT2D eigenvalue weighted by Gasteiger charge is -2.34. The smallest absolute Gasteiger partial charge is 0.268 e. The van der Waals surface area contributed by atoms with Crippen LogP contribution in [0.2, 0.25) is 0 Å². The first-order valence-electron chi connectivity index (χ1n) is 10.8. The van der Waals surface area contributed by atoms with Crippen LogP contribution in [-0.4, -0.2) is 45.3 Å². The van der Waals surface area contributed by atoms with Gasteiger partial charge < -0.3 is 14.0 Å². The molecule has 5 rings (SSSR count). The number of carbonyl (C=O) groups is 2. The highest BCUT2D eigenvalue weighted by Crippen LogP contribution is 2.41. The van der Waals surface area contributed by atoms with Gasteiger partial charge in [-0.2, -0.15) is 0 Å². The molecule has 1 saturated heterocycles. The van der Waals surface area contributed by atoms with E-state index >= 15 is 4.39 Å². The number of hydrogen-bond acceptors (Lipinski definition) is 4. The molecule has 1 unspecified atom stereocenters. The third-order valence-electron chi connectivity index (χ3n) is 6.49. The van der Waals surface area contributed by atoms with Crippen LogP contribution in [-0.2, 0) is 16.1 Å². The zero-order chi connectivity index (χ0) is 22.6. The van der Waals surface area contributed by atoms with Gasteiger partial charge in [0.1, 0.15) is 5.65 Å². The predicted molar refractivity (Wildman–Crippen MR) is 117 cm³/mol. The monoisotopic (exact) mass is 436 g/mol. The standard InChI is InChI=1S/C24H25FN4O3/c1-14-21(28-8-5-4-6-22(28)26-14)13-29-20-11-18(17-7-9-27(12-17)16(3)30)10-19(25)23(20)32-15(2)24(29)31/h4-6,8,10-11,15,17H,7,9,12-13H2,1-3H3/t15-,17?/m1/s1. The molecule has 2 atom stereocenters. The minimum absolute atomic E-state index is 0.0166. The van der Waals surface area contributed by atoms with E-state index in [1.54, 1.807) is 23.6 Å². The number of fused-ring (bicyclic) bond motifs is 2. The molecule has 166 valence electrons. The number of halogens is 1. The van der Waals surface area contributed by atoms with Crippen molar-refractivity contribution in [1.29, 1.82) is 0 Å². The van der Waals surface area contributed by atoms with E-state index in [-0.39, 0.29) is 30.0 Å². The Morgan fingerprint density at radius 2 is 2.12 bits per heavy atom. The molecule has 2 aromatic heterocycles. The van der Waals surface area contributed by atoms with Crippen molar-refractivity contribution in [3.05, 3.63) is 59.3 Å². The average molecular weight is 436 g/mol. The van der Waals surface area contributed by atoms with Crippen molar-refractivity contribution >= 4 is 23.1 Å². The van der Waals surface area contributed by atoms with Crippen LogP contribution in [0.5, 0.6) is 5.75 Å². The van der Waals surface area contributed by atoms with Crippen LogP contribution in [0.15, 0.2) is 36.5 Å². The van der Waals surface area contributed by atoms with Crippen molar-refractivity contribution in [2.45, 2.75) is 45.8 Å². The molecule has 2 amide bonds. The Balaban J connectivity index is 1.56. The van der Waals surface area contributed by atoms with E-state index in [4.69, 9.17) is 4.74 Å². The number of aryl methyl sites for hydroxylation is 1. The van der Waals surface area contributed by atoms with Crippen molar-refractivity contribution in [2.75, 3.05) is 18.0 Å². The van der Waals surface area contributed by atoms with Crippen LogP contribution in [0, 0.1) is 12.7 Å². The van der Waals surface area contributed by atoms with Crippen LogP contribution in [0.4, 0.5) is 10.1 Å². The Bertz CT molecular complexity index is 1240. The fourth-order valence-corrected chi connectivity index (χ4v) is 4.70. The van der Waals surface area contributed by atoms with Crippen LogP contribution < -0.4 is 9.64 Å². The molecule has 2 aliphatic heterocycles. The van der Waals surface area contributed by atoms with Crippen molar-refractivity contribution < 1.29 is 18.7 Å². The number of amides is 2. The van der Waals surface area contributed by atoms with E-state index in [0.29, 0.717) is 18.8 Å². The number of hydrogen-bond donors (Lipinski definition) is 0. The van der Waals surface area contributed by atoms with Crippen LogP contribution >= 0.6 is 0 Å². The number of carbonyl (C=O) groups excluding carboxylic acids is 2. The Morgan fingerprint density at radius 1 is 1.31 bits per heavy atom. The van der Waals surface area contributed by atoms with Gasteiger partial charge in [0.25, 0.3) is 5.91 Å². The number of nitrogens with zero attached hydrogens (tertiary/aromatic N) is 4. The Labute approximate surface area is 185 Å². The van der Waals surface area contributed by atoms with Gasteiger partial charge in [0, 0.05) is 32.1 Å². The fourth-order valence-electron chi connectivity index (χ4n) is 4.70. The molecule has 0 saturated carbocycles. The zero-order valence-corrected chi connectivity index (χ0v) is 18.3. The second-order valence-corrected chi connectivity index (χ2v) is 8.56. The molecule has 1 aromatic carbocycles. The summed E-state index contributed by atoms with van der Waals surface area (Å²) < 4.78 is 22.8. The van der Waals surface area contributed by atoms with Crippen LogP contribution in [0.3, 0.4) is 0 Å². The van der Waals surface area contributed by atoms with Gasteiger partial charge in [-0.05, 0) is 50.1 Å². The molecule has 0 radical (unpaired) electrons. The van der Waals surface area contributed by atoms with Gasteiger partial charge in [-0.25, -0.2) is 9.37 Å². The summed E-state index contributed by atoms with van der Waals surface area (Å²) in [5.74, 6) is -0.585. The predicted octanol–water partition coefficient (Wildman–Crippen LogP) is 3.43. The molecule has 0 aliphatic carbocycles. The molecule has 8 heteroatoms. The average Bonchev–Trinajstić information content (AvgIpc) is 3.37. The van der Waals surface area contributed by atoms with Crippen molar-refractivity contribution in [2.24, 2.45) is 0 Å². The van der Waals surface area contributed by atoms with Gasteiger partial charge >= 0.3 is 0 Å². The Kier molecular flexibility index (Phi) is 4.87. The number of likely N-dealkylation sites (tertiary alicyclic amines) is 1. The minimum atomic E-state index is -0.790. The van der Waals surface area contributed by atoms with Gasteiger partial charge in [0.05, 0.1) is 23.6 Å². The number of aromatic nitrogens is 2. The Morgan fingerprint density at radius 3 is 2.88 bits per heavy atom. The van der Waals surface area contributed by atoms with E-state index in [0.717, 1.165) is 29.0 Å². The van der Waals surface area contributed by atoms with E-state index in [1.165, 1.54) is 6.07 Å². The maximum Gasteiger partial charge on any atom is 0.268 e. The first kappa shape index (κ1) is 20.5. The third kappa shape index (κ3) is 3.30. The van der Waals surface area contributed by atoms with Crippen LogP contribution in [0.1, 0.15) is 43.1 Å². The maximum absolute atomic E-state index is 15.2. The SMILES string of the molecule is CC(=O)N1CCC(c2cc(F)c3c(c2)N(Cc2c(C)nc4ccccn24)C(=O)[C@@H](C)O3)C1. The molecular formula is C24H25FN4O3. The van der Waals surface area contributed by atoms with Crippen molar-refractivity contribution in [1.82, 2.24) is 14.3 Å². The molecule has 7 nitrogen and oxygen atoms in total. The molecule has 32 heavy (non-hydrogen) atoms. The van der Waals surface area contributed by atoms with Crippen molar-refractivity contribution in [3.8, 4) is 5.75 Å². The molecule has 4 heterocycles. The van der Waals surface area contributed by atoms with E-state index in [9.17, 15) is 9.59 Å². The molecule has 1 fully saturated rings. The fraction of sp³-hybridized carbons (Fsp3) is 0.375. The number of pyridine rings is 1. The number of imidazole rings is 1. The molecule has 0 bridgehead atoms. The molecule has 0 spiro atoms. The summed E-state index contributed by atoms with van der Waals surface area (Å²) in [7, 11) is 0. The molecule has 0 N–H and O–H groups in total. The minimum Gasteiger partial charge on any atom is -0.476 e. The highest BCUT2D eigenvalue weighted by molar-refractivity contribution is 6.00. The largest absolute Gasteiger partial charge is 0.476 e. The van der Waals surface area contributed by atoms with Gasteiger partial charge in [-0.15, -0.1) is 0 Å². The summed E-state index contributed by atoms with van der Waals surface area (Å²) in [4.78, 5) is 32.8. The summed E-state index contributed by atoms with van der Waals surface area (Å²) >= 11 is 0. The zero-order valence-electron chi connectivity index (χ0n) is 18.3. The summed E-state index contributed by atoms with van der Waals surface area (Å²) in [6.07, 6.45) is 1.88. The van der Waals surface area contributed by atoms with Crippen LogP contribution in [0.25, 0.3) is 5.65 Å². The molecule has 2 aliphatic rings. The summed E-state index contributed by atoms with van der Waals surface area (Å²) in [6.45, 7) is 6.53. The second-order valence-electron chi connectivity index (χ2n) is 8.56. The summed E-state index contributed by atoms with van der Waals surface area (Å²) in [5, 5.41) is 0. The lowest BCUT2D eigenvalue weighted by molar-refractivity contribution is -0.128. The van der Waals surface area contributed by atoms with Gasteiger partial charge in [-0.1, -0.05) is 6.07 Å². The number of anilines is 1.